The van der Waals surface area contributed by atoms with Crippen LogP contribution in [0.25, 0.3) is 0 Å². The van der Waals surface area contributed by atoms with E-state index in [-0.39, 0.29) is 30.1 Å². The second kappa shape index (κ2) is 11.2. The number of nitrogens with zero attached hydrogens (tertiary/aromatic N) is 4. The minimum Gasteiger partial charge on any atom is -0.373 e. The lowest BCUT2D eigenvalue weighted by molar-refractivity contribution is -0.133. The lowest BCUT2D eigenvalue weighted by Gasteiger charge is -2.38. The summed E-state index contributed by atoms with van der Waals surface area (Å²) in [6.45, 7) is 9.34. The third-order valence-electron chi connectivity index (χ3n) is 7.48. The average Bonchev–Trinajstić information content (AvgIpc) is 3.37. The lowest BCUT2D eigenvalue weighted by Crippen LogP contribution is -2.50. The molecule has 9 nitrogen and oxygen atoms in total. The van der Waals surface area contributed by atoms with Gasteiger partial charge < -0.3 is 19.5 Å². The summed E-state index contributed by atoms with van der Waals surface area (Å²) in [5, 5.41) is 7.36. The zero-order valence-electron chi connectivity index (χ0n) is 21.1. The van der Waals surface area contributed by atoms with E-state index in [0.29, 0.717) is 24.6 Å². The molecule has 0 radical (unpaired) electrons. The third-order valence-corrected chi connectivity index (χ3v) is 7.48. The van der Waals surface area contributed by atoms with Crippen molar-refractivity contribution in [3.8, 4) is 0 Å². The number of morpholine rings is 1. The van der Waals surface area contributed by atoms with Crippen LogP contribution in [0.4, 0.5) is 0 Å². The molecule has 9 heteroatoms. The van der Waals surface area contributed by atoms with E-state index in [2.05, 4.69) is 34.2 Å². The van der Waals surface area contributed by atoms with Crippen molar-refractivity contribution in [3.63, 3.8) is 0 Å². The summed E-state index contributed by atoms with van der Waals surface area (Å²) in [7, 11) is 0. The van der Waals surface area contributed by atoms with E-state index >= 15 is 0 Å². The van der Waals surface area contributed by atoms with Crippen LogP contribution >= 0.6 is 0 Å². The van der Waals surface area contributed by atoms with E-state index < -0.39 is 5.54 Å². The first-order chi connectivity index (χ1) is 16.3. The van der Waals surface area contributed by atoms with E-state index in [1.807, 2.05) is 4.90 Å². The molecule has 2 saturated heterocycles. The summed E-state index contributed by atoms with van der Waals surface area (Å²) in [5.41, 5.74) is -0.555. The molecular formula is C25H41N5O4. The topological polar surface area (TPSA) is 101 Å². The van der Waals surface area contributed by atoms with E-state index in [1.165, 1.54) is 6.92 Å². The van der Waals surface area contributed by atoms with Gasteiger partial charge in [-0.1, -0.05) is 30.8 Å². The smallest absolute Gasteiger partial charge is 0.227 e. The zero-order chi connectivity index (χ0) is 24.1. The predicted octanol–water partition coefficient (Wildman–Crippen LogP) is 2.79. The number of hydrogen-bond donors (Lipinski definition) is 1. The highest BCUT2D eigenvalue weighted by molar-refractivity contribution is 5.77. The molecule has 3 fully saturated rings. The normalized spacial score (nSPS) is 28.0. The van der Waals surface area contributed by atoms with Crippen molar-refractivity contribution in [1.29, 1.82) is 0 Å². The fourth-order valence-electron chi connectivity index (χ4n) is 6.07. The minimum atomic E-state index is -0.555. The van der Waals surface area contributed by atoms with Crippen LogP contribution in [0.2, 0.25) is 0 Å². The molecule has 2 amide bonds. The van der Waals surface area contributed by atoms with E-state index in [9.17, 15) is 9.59 Å². The van der Waals surface area contributed by atoms with E-state index in [4.69, 9.17) is 9.26 Å². The Hall–Kier alpha value is -2.00. The van der Waals surface area contributed by atoms with Gasteiger partial charge in [-0.3, -0.25) is 14.5 Å². The Morgan fingerprint density at radius 3 is 2.47 bits per heavy atom. The van der Waals surface area contributed by atoms with E-state index in [1.54, 1.807) is 0 Å². The Kier molecular flexibility index (Phi) is 8.24. The molecule has 1 aromatic heterocycles. The van der Waals surface area contributed by atoms with Gasteiger partial charge >= 0.3 is 0 Å². The maximum Gasteiger partial charge on any atom is 0.227 e. The number of carbonyl (C=O) groups is 2. The molecule has 0 aromatic carbocycles. The number of aryl methyl sites for hydroxylation is 1. The average molecular weight is 476 g/mol. The zero-order valence-corrected chi connectivity index (χ0v) is 21.1. The highest BCUT2D eigenvalue weighted by Crippen LogP contribution is 2.34. The van der Waals surface area contributed by atoms with Crippen LogP contribution in [0.3, 0.4) is 0 Å². The van der Waals surface area contributed by atoms with Crippen LogP contribution in [0.1, 0.15) is 90.3 Å². The van der Waals surface area contributed by atoms with Crippen LogP contribution in [-0.2, 0) is 26.3 Å². The molecule has 3 aliphatic rings. The number of amides is 2. The number of carbonyl (C=O) groups excluding carboxylic acids is 2. The molecule has 3 unspecified atom stereocenters. The minimum absolute atomic E-state index is 0.0763. The molecule has 1 aromatic rings. The van der Waals surface area contributed by atoms with Crippen LogP contribution in [0, 0.1) is 0 Å². The number of likely N-dealkylation sites (tertiary alicyclic amines) is 1. The van der Waals surface area contributed by atoms with Gasteiger partial charge in [-0.25, -0.2) is 0 Å². The fourth-order valence-corrected chi connectivity index (χ4v) is 6.07. The van der Waals surface area contributed by atoms with Gasteiger partial charge in [0, 0.05) is 52.0 Å². The Balaban J connectivity index is 1.34. The van der Waals surface area contributed by atoms with Crippen molar-refractivity contribution in [2.75, 3.05) is 26.2 Å². The number of aromatic nitrogens is 2. The molecule has 4 rings (SSSR count). The molecule has 34 heavy (non-hydrogen) atoms. The molecule has 3 atom stereocenters. The Labute approximate surface area is 202 Å². The first-order valence-electron chi connectivity index (χ1n) is 13.1. The summed E-state index contributed by atoms with van der Waals surface area (Å²) >= 11 is 0. The highest BCUT2D eigenvalue weighted by Gasteiger charge is 2.38. The number of rotatable bonds is 7. The van der Waals surface area contributed by atoms with Gasteiger partial charge in [0.1, 0.15) is 5.54 Å². The summed E-state index contributed by atoms with van der Waals surface area (Å²) in [6, 6.07) is 0.261. The van der Waals surface area contributed by atoms with Crippen LogP contribution in [0.5, 0.6) is 0 Å². The standard InChI is InChI=1S/C25H41N5O4/c1-18-15-29(16-19(2)33-18)17-21-9-8-14-30(21)23(32)11-10-22-26-24(28-34-22)25(27-20(3)31)12-6-4-5-7-13-25/h18-19,21H,4-17H2,1-3H3,(H,27,31). The Morgan fingerprint density at radius 2 is 1.79 bits per heavy atom. The Morgan fingerprint density at radius 1 is 1.09 bits per heavy atom. The predicted molar refractivity (Wildman–Crippen MR) is 127 cm³/mol. The maximum absolute atomic E-state index is 13.1. The first kappa shape index (κ1) is 25.1. The first-order valence-corrected chi connectivity index (χ1v) is 13.1. The van der Waals surface area contributed by atoms with Crippen molar-refractivity contribution >= 4 is 11.8 Å². The monoisotopic (exact) mass is 475 g/mol. The van der Waals surface area contributed by atoms with Crippen molar-refractivity contribution < 1.29 is 18.8 Å². The van der Waals surface area contributed by atoms with Gasteiger partial charge in [-0.2, -0.15) is 4.98 Å². The van der Waals surface area contributed by atoms with Crippen molar-refractivity contribution in [1.82, 2.24) is 25.3 Å². The molecule has 1 N–H and O–H groups in total. The number of nitrogens with one attached hydrogen (secondary N) is 1. The number of hydrogen-bond acceptors (Lipinski definition) is 7. The summed E-state index contributed by atoms with van der Waals surface area (Å²) in [6.07, 6.45) is 9.35. The van der Waals surface area contributed by atoms with Gasteiger partial charge in [0.25, 0.3) is 0 Å². The molecule has 0 bridgehead atoms. The second-order valence-corrected chi connectivity index (χ2v) is 10.5. The van der Waals surface area contributed by atoms with E-state index in [0.717, 1.165) is 77.5 Å². The Bertz CT molecular complexity index is 825. The van der Waals surface area contributed by atoms with Crippen LogP contribution in [0.15, 0.2) is 4.52 Å². The lowest BCUT2D eigenvalue weighted by atomic mass is 9.89. The van der Waals surface area contributed by atoms with Gasteiger partial charge in [0.05, 0.1) is 12.2 Å². The van der Waals surface area contributed by atoms with Gasteiger partial charge in [0.15, 0.2) is 5.82 Å². The molecule has 190 valence electrons. The maximum atomic E-state index is 13.1. The molecular weight excluding hydrogens is 434 g/mol. The summed E-state index contributed by atoms with van der Waals surface area (Å²) < 4.78 is 11.4. The van der Waals surface area contributed by atoms with Gasteiger partial charge in [0.2, 0.25) is 17.7 Å². The molecule has 1 aliphatic carbocycles. The number of ether oxygens (including phenoxy) is 1. The largest absolute Gasteiger partial charge is 0.373 e. The highest BCUT2D eigenvalue weighted by atomic mass is 16.5. The molecule has 3 heterocycles. The second-order valence-electron chi connectivity index (χ2n) is 10.5. The van der Waals surface area contributed by atoms with Crippen molar-refractivity contribution in [2.24, 2.45) is 0 Å². The quantitative estimate of drug-likeness (QED) is 0.605. The van der Waals surface area contributed by atoms with Crippen LogP contribution in [-0.4, -0.2) is 76.2 Å². The van der Waals surface area contributed by atoms with Crippen molar-refractivity contribution in [3.05, 3.63) is 11.7 Å². The van der Waals surface area contributed by atoms with Gasteiger partial charge in [-0.15, -0.1) is 0 Å². The molecule has 0 spiro atoms. The van der Waals surface area contributed by atoms with Crippen LogP contribution < -0.4 is 5.32 Å². The van der Waals surface area contributed by atoms with Crippen molar-refractivity contribution in [2.45, 2.75) is 109 Å². The third kappa shape index (κ3) is 6.16. The summed E-state index contributed by atoms with van der Waals surface area (Å²) in [4.78, 5) is 34.2. The fraction of sp³-hybridized carbons (Fsp3) is 0.840. The molecule has 1 saturated carbocycles. The molecule has 2 aliphatic heterocycles. The summed E-state index contributed by atoms with van der Waals surface area (Å²) in [5.74, 6) is 1.11. The van der Waals surface area contributed by atoms with Gasteiger partial charge in [-0.05, 0) is 39.5 Å². The SMILES string of the molecule is CC(=O)NC1(c2noc(CCC(=O)N3CCCC3CN3CC(C)OC(C)C3)n2)CCCCCC1.